The number of nitrogens with zero attached hydrogens (tertiary/aromatic N) is 3. The summed E-state index contributed by atoms with van der Waals surface area (Å²) in [5.74, 6) is 0.582. The van der Waals surface area contributed by atoms with Gasteiger partial charge in [-0.15, -0.1) is 0 Å². The molecule has 0 radical (unpaired) electrons. The van der Waals surface area contributed by atoms with Gasteiger partial charge in [0, 0.05) is 44.6 Å². The lowest BCUT2D eigenvalue weighted by Gasteiger charge is -2.38. The predicted molar refractivity (Wildman–Crippen MR) is 95.1 cm³/mol. The van der Waals surface area contributed by atoms with E-state index < -0.39 is 11.6 Å². The van der Waals surface area contributed by atoms with Crippen LogP contribution in [0.1, 0.15) is 49.9 Å². The summed E-state index contributed by atoms with van der Waals surface area (Å²) in [6.07, 6.45) is 4.17. The predicted octanol–water partition coefficient (Wildman–Crippen LogP) is 3.00. The molecule has 0 atom stereocenters. The summed E-state index contributed by atoms with van der Waals surface area (Å²) in [5, 5.41) is 9.79. The molecule has 140 valence electrons. The van der Waals surface area contributed by atoms with Crippen molar-refractivity contribution >= 4 is 5.97 Å². The number of aryl methyl sites for hydroxylation is 1. The van der Waals surface area contributed by atoms with Crippen LogP contribution in [0, 0.1) is 6.92 Å². The fourth-order valence-corrected chi connectivity index (χ4v) is 3.11. The number of aliphatic carboxylic acids is 1. The van der Waals surface area contributed by atoms with Crippen molar-refractivity contribution in [1.82, 2.24) is 14.9 Å². The van der Waals surface area contributed by atoms with E-state index in [4.69, 9.17) is 9.15 Å². The molecule has 2 aromatic rings. The number of piperidine rings is 1. The van der Waals surface area contributed by atoms with Gasteiger partial charge in [-0.3, -0.25) is 9.88 Å². The summed E-state index contributed by atoms with van der Waals surface area (Å²) in [7, 11) is 0. The van der Waals surface area contributed by atoms with E-state index in [1.807, 2.05) is 20.8 Å². The van der Waals surface area contributed by atoms with Gasteiger partial charge in [-0.05, 0) is 19.1 Å². The first-order valence-electron chi connectivity index (χ1n) is 8.90. The summed E-state index contributed by atoms with van der Waals surface area (Å²) >= 11 is 0. The summed E-state index contributed by atoms with van der Waals surface area (Å²) < 4.78 is 11.4. The van der Waals surface area contributed by atoms with Crippen molar-refractivity contribution in [1.29, 1.82) is 0 Å². The maximum atomic E-state index is 11.9. The van der Waals surface area contributed by atoms with Gasteiger partial charge in [0.15, 0.2) is 5.89 Å². The highest BCUT2D eigenvalue weighted by molar-refractivity contribution is 5.78. The Bertz CT molecular complexity index is 764. The van der Waals surface area contributed by atoms with Crippen molar-refractivity contribution in [3.63, 3.8) is 0 Å². The molecule has 1 N–H and O–H groups in total. The molecule has 0 amide bonds. The number of aromatic nitrogens is 2. The van der Waals surface area contributed by atoms with Gasteiger partial charge in [0.1, 0.15) is 12.0 Å². The van der Waals surface area contributed by atoms with Crippen LogP contribution in [0.15, 0.2) is 29.0 Å². The van der Waals surface area contributed by atoms with E-state index in [-0.39, 0.29) is 5.92 Å². The number of ether oxygens (including phenoxy) is 1. The van der Waals surface area contributed by atoms with Crippen molar-refractivity contribution in [2.24, 2.45) is 0 Å². The Balaban J connectivity index is 1.65. The van der Waals surface area contributed by atoms with Gasteiger partial charge in [0.2, 0.25) is 5.60 Å². The largest absolute Gasteiger partial charge is 0.478 e. The Hall–Kier alpha value is -2.41. The molecule has 2 aromatic heterocycles. The SMILES string of the molecule is Cc1ncccc1OC1(C(=O)O)CCN(Cc2coc(C(C)C)n2)CC1. The molecule has 7 heteroatoms. The molecule has 3 heterocycles. The fourth-order valence-electron chi connectivity index (χ4n) is 3.11. The van der Waals surface area contributed by atoms with Crippen molar-refractivity contribution in [3.8, 4) is 5.75 Å². The number of pyridine rings is 1. The molecule has 0 aromatic carbocycles. The van der Waals surface area contributed by atoms with Crippen LogP contribution in [-0.4, -0.2) is 44.6 Å². The number of oxazole rings is 1. The smallest absolute Gasteiger partial charge is 0.348 e. The van der Waals surface area contributed by atoms with Gasteiger partial charge in [-0.2, -0.15) is 0 Å². The Kier molecular flexibility index (Phi) is 5.27. The Morgan fingerprint density at radius 2 is 2.15 bits per heavy atom. The number of hydrogen-bond acceptors (Lipinski definition) is 6. The van der Waals surface area contributed by atoms with Gasteiger partial charge in [-0.1, -0.05) is 13.8 Å². The molecule has 1 fully saturated rings. The van der Waals surface area contributed by atoms with Gasteiger partial charge in [0.25, 0.3) is 0 Å². The summed E-state index contributed by atoms with van der Waals surface area (Å²) in [5.41, 5.74) is 0.358. The number of carboxylic acids is 1. The maximum absolute atomic E-state index is 11.9. The average Bonchev–Trinajstić information content (AvgIpc) is 3.07. The monoisotopic (exact) mass is 359 g/mol. The first kappa shape index (κ1) is 18.4. The van der Waals surface area contributed by atoms with E-state index >= 15 is 0 Å². The highest BCUT2D eigenvalue weighted by atomic mass is 16.5. The molecule has 1 aliphatic heterocycles. The molecule has 0 aliphatic carbocycles. The zero-order chi connectivity index (χ0) is 18.7. The van der Waals surface area contributed by atoms with Crippen LogP contribution in [0.25, 0.3) is 0 Å². The number of rotatable bonds is 6. The average molecular weight is 359 g/mol. The Morgan fingerprint density at radius 3 is 2.73 bits per heavy atom. The fraction of sp³-hybridized carbons (Fsp3) is 0.526. The van der Waals surface area contributed by atoms with Crippen LogP contribution >= 0.6 is 0 Å². The minimum atomic E-state index is -1.21. The van der Waals surface area contributed by atoms with E-state index in [9.17, 15) is 9.90 Å². The second kappa shape index (κ2) is 7.45. The highest BCUT2D eigenvalue weighted by Gasteiger charge is 2.44. The van der Waals surface area contributed by atoms with Gasteiger partial charge >= 0.3 is 5.97 Å². The van der Waals surface area contributed by atoms with Crippen LogP contribution in [0.5, 0.6) is 5.75 Å². The molecule has 0 unspecified atom stereocenters. The van der Waals surface area contributed by atoms with Crippen molar-refractivity contribution in [3.05, 3.63) is 41.9 Å². The van der Waals surface area contributed by atoms with E-state index in [0.717, 1.165) is 11.6 Å². The lowest BCUT2D eigenvalue weighted by molar-refractivity contribution is -0.160. The van der Waals surface area contributed by atoms with Gasteiger partial charge in [-0.25, -0.2) is 9.78 Å². The molecule has 0 saturated carbocycles. The molecule has 26 heavy (non-hydrogen) atoms. The van der Waals surface area contributed by atoms with Crippen LogP contribution in [0.4, 0.5) is 0 Å². The van der Waals surface area contributed by atoms with Crippen LogP contribution in [-0.2, 0) is 11.3 Å². The number of hydrogen-bond donors (Lipinski definition) is 1. The first-order chi connectivity index (χ1) is 12.4. The lowest BCUT2D eigenvalue weighted by Crippen LogP contribution is -2.53. The lowest BCUT2D eigenvalue weighted by atomic mass is 9.91. The molecule has 1 saturated heterocycles. The van der Waals surface area contributed by atoms with Crippen LogP contribution in [0.3, 0.4) is 0 Å². The van der Waals surface area contributed by atoms with E-state index in [1.165, 1.54) is 0 Å². The van der Waals surface area contributed by atoms with Gasteiger partial charge < -0.3 is 14.3 Å². The second-order valence-corrected chi connectivity index (χ2v) is 7.10. The number of carbonyl (C=O) groups is 1. The van der Waals surface area contributed by atoms with Gasteiger partial charge in [0.05, 0.1) is 11.4 Å². The molecule has 0 spiro atoms. The van der Waals surface area contributed by atoms with E-state index in [0.29, 0.717) is 43.9 Å². The Morgan fingerprint density at radius 1 is 1.42 bits per heavy atom. The minimum absolute atomic E-state index is 0.251. The molecule has 3 rings (SSSR count). The van der Waals surface area contributed by atoms with Crippen molar-refractivity contribution in [2.45, 2.75) is 51.7 Å². The maximum Gasteiger partial charge on any atom is 0.348 e. The molecule has 7 nitrogen and oxygen atoms in total. The van der Waals surface area contributed by atoms with Crippen LogP contribution in [0.2, 0.25) is 0 Å². The van der Waals surface area contributed by atoms with Crippen molar-refractivity contribution in [2.75, 3.05) is 13.1 Å². The second-order valence-electron chi connectivity index (χ2n) is 7.10. The van der Waals surface area contributed by atoms with Crippen LogP contribution < -0.4 is 4.74 Å². The third kappa shape index (κ3) is 3.88. The molecular formula is C19H25N3O4. The molecular weight excluding hydrogens is 334 g/mol. The number of carboxylic acid groups (broad SMARTS) is 1. The summed E-state index contributed by atoms with van der Waals surface area (Å²) in [4.78, 5) is 22.8. The minimum Gasteiger partial charge on any atom is -0.478 e. The standard InChI is InChI=1S/C19H25N3O4/c1-13(2)17-21-15(12-25-17)11-22-9-6-19(7-10-22,18(23)24)26-16-5-4-8-20-14(16)3/h4-5,8,12-13H,6-7,9-11H2,1-3H3,(H,23,24). The first-order valence-corrected chi connectivity index (χ1v) is 8.90. The molecule has 1 aliphatic rings. The van der Waals surface area contributed by atoms with Crippen molar-refractivity contribution < 1.29 is 19.1 Å². The number of likely N-dealkylation sites (tertiary alicyclic amines) is 1. The Labute approximate surface area is 153 Å². The summed E-state index contributed by atoms with van der Waals surface area (Å²) in [6.45, 7) is 7.78. The zero-order valence-electron chi connectivity index (χ0n) is 15.4. The third-order valence-corrected chi connectivity index (χ3v) is 4.77. The topological polar surface area (TPSA) is 88.7 Å². The highest BCUT2D eigenvalue weighted by Crippen LogP contribution is 2.31. The third-order valence-electron chi connectivity index (χ3n) is 4.77. The van der Waals surface area contributed by atoms with E-state index in [2.05, 4.69) is 14.9 Å². The quantitative estimate of drug-likeness (QED) is 0.848. The molecule has 0 bridgehead atoms. The van der Waals surface area contributed by atoms with E-state index in [1.54, 1.807) is 24.6 Å². The normalized spacial score (nSPS) is 17.4. The summed E-state index contributed by atoms with van der Waals surface area (Å²) in [6, 6.07) is 3.52. The zero-order valence-corrected chi connectivity index (χ0v) is 15.4.